The number of piperidine rings is 1. The van der Waals surface area contributed by atoms with Crippen LogP contribution in [0.25, 0.3) is 0 Å². The zero-order valence-electron chi connectivity index (χ0n) is 17.5. The average molecular weight is 515 g/mol. The summed E-state index contributed by atoms with van der Waals surface area (Å²) in [5.74, 6) is 1.53. The van der Waals surface area contributed by atoms with Gasteiger partial charge in [-0.15, -0.1) is 24.0 Å². The molecule has 2 heterocycles. The maximum absolute atomic E-state index is 12.0. The number of anilines is 1. The number of likely N-dealkylation sites (N-methyl/N-ethyl adjacent to an activating group) is 1. The Bertz CT molecular complexity index is 649. The summed E-state index contributed by atoms with van der Waals surface area (Å²) in [6.07, 6.45) is 11.8. The van der Waals surface area contributed by atoms with E-state index in [1.807, 2.05) is 6.07 Å². The molecule has 0 radical (unpaired) electrons. The number of aliphatic imine (C=N–C) groups is 1. The zero-order chi connectivity index (χ0) is 19.8. The van der Waals surface area contributed by atoms with Gasteiger partial charge in [0.25, 0.3) is 0 Å². The molecule has 1 unspecified atom stereocenters. The number of amides is 1. The smallest absolute Gasteiger partial charge is 0.243 e. The van der Waals surface area contributed by atoms with Gasteiger partial charge in [-0.25, -0.2) is 15.0 Å². The highest BCUT2D eigenvalue weighted by atomic mass is 127. The number of rotatable bonds is 5. The van der Waals surface area contributed by atoms with E-state index in [9.17, 15) is 4.79 Å². The summed E-state index contributed by atoms with van der Waals surface area (Å²) in [6, 6.07) is 2.53. The maximum Gasteiger partial charge on any atom is 0.243 e. The van der Waals surface area contributed by atoms with Gasteiger partial charge in [0.2, 0.25) is 11.9 Å². The Morgan fingerprint density at radius 3 is 2.45 bits per heavy atom. The van der Waals surface area contributed by atoms with Crippen LogP contribution in [-0.2, 0) is 4.79 Å². The predicted molar refractivity (Wildman–Crippen MR) is 127 cm³/mol. The molecule has 1 saturated carbocycles. The number of carbonyl (C=O) groups excluding carboxylic acids is 1. The fraction of sp³-hybridized carbons (Fsp3) is 0.700. The Morgan fingerprint density at radius 1 is 1.10 bits per heavy atom. The molecule has 162 valence electrons. The number of nitrogens with one attached hydrogen (secondary N) is 2. The summed E-state index contributed by atoms with van der Waals surface area (Å²) >= 11 is 0. The minimum Gasteiger partial charge on any atom is -0.354 e. The SMILES string of the molecule is CN(C)C(=O)CN=C(NC1CCCCC1)NC1CCCN(c2ncccn2)C1.I. The normalized spacial score (nSPS) is 20.6. The zero-order valence-corrected chi connectivity index (χ0v) is 19.8. The van der Waals surface area contributed by atoms with Crippen LogP contribution in [0.3, 0.4) is 0 Å². The minimum atomic E-state index is 0. The molecule has 29 heavy (non-hydrogen) atoms. The van der Waals surface area contributed by atoms with Gasteiger partial charge >= 0.3 is 0 Å². The molecule has 0 aromatic carbocycles. The number of hydrogen-bond acceptors (Lipinski definition) is 5. The van der Waals surface area contributed by atoms with Gasteiger partial charge in [-0.3, -0.25) is 4.79 Å². The van der Waals surface area contributed by atoms with Crippen LogP contribution in [0, 0.1) is 0 Å². The van der Waals surface area contributed by atoms with Crippen molar-refractivity contribution in [3.8, 4) is 0 Å². The topological polar surface area (TPSA) is 85.8 Å². The highest BCUT2D eigenvalue weighted by Crippen LogP contribution is 2.18. The van der Waals surface area contributed by atoms with Gasteiger partial charge in [0, 0.05) is 51.7 Å². The van der Waals surface area contributed by atoms with E-state index >= 15 is 0 Å². The number of guanidine groups is 1. The van der Waals surface area contributed by atoms with Gasteiger partial charge in [-0.2, -0.15) is 0 Å². The number of nitrogens with zero attached hydrogens (tertiary/aromatic N) is 5. The molecule has 8 nitrogen and oxygen atoms in total. The Balaban J connectivity index is 0.00000300. The molecule has 2 N–H and O–H groups in total. The molecule has 1 aliphatic carbocycles. The average Bonchev–Trinajstić information content (AvgIpc) is 2.73. The van der Waals surface area contributed by atoms with Crippen molar-refractivity contribution in [1.82, 2.24) is 25.5 Å². The van der Waals surface area contributed by atoms with Crippen LogP contribution >= 0.6 is 24.0 Å². The second-order valence-corrected chi connectivity index (χ2v) is 7.91. The van der Waals surface area contributed by atoms with Crippen LogP contribution in [0.15, 0.2) is 23.5 Å². The van der Waals surface area contributed by atoms with Gasteiger partial charge in [0.1, 0.15) is 6.54 Å². The third-order valence-electron chi connectivity index (χ3n) is 5.41. The molecule has 9 heteroatoms. The maximum atomic E-state index is 12.0. The molecule has 1 atom stereocenters. The van der Waals surface area contributed by atoms with Crippen molar-refractivity contribution in [2.24, 2.45) is 4.99 Å². The highest BCUT2D eigenvalue weighted by molar-refractivity contribution is 14.0. The van der Waals surface area contributed by atoms with E-state index in [1.54, 1.807) is 31.4 Å². The quantitative estimate of drug-likeness (QED) is 0.355. The van der Waals surface area contributed by atoms with Crippen molar-refractivity contribution in [2.75, 3.05) is 38.6 Å². The van der Waals surface area contributed by atoms with Crippen LogP contribution in [0.4, 0.5) is 5.95 Å². The van der Waals surface area contributed by atoms with Crippen molar-refractivity contribution in [1.29, 1.82) is 0 Å². The van der Waals surface area contributed by atoms with E-state index in [2.05, 4.69) is 30.5 Å². The standard InChI is InChI=1S/C20H33N7O.HI/c1-26(2)18(28)14-23-19(24-16-8-4-3-5-9-16)25-17-10-6-13-27(15-17)20-21-11-7-12-22-20;/h7,11-12,16-17H,3-6,8-10,13-15H2,1-2H3,(H2,23,24,25);1H. The van der Waals surface area contributed by atoms with Crippen LogP contribution in [-0.4, -0.2) is 72.5 Å². The first-order chi connectivity index (χ1) is 13.6. The monoisotopic (exact) mass is 515 g/mol. The van der Waals surface area contributed by atoms with E-state index in [0.717, 1.165) is 50.7 Å². The van der Waals surface area contributed by atoms with Crippen LogP contribution in [0.2, 0.25) is 0 Å². The number of aromatic nitrogens is 2. The lowest BCUT2D eigenvalue weighted by molar-refractivity contribution is -0.127. The van der Waals surface area contributed by atoms with Gasteiger partial charge in [0.15, 0.2) is 5.96 Å². The van der Waals surface area contributed by atoms with Crippen LogP contribution < -0.4 is 15.5 Å². The molecule has 1 amide bonds. The van der Waals surface area contributed by atoms with Crippen molar-refractivity contribution < 1.29 is 4.79 Å². The van der Waals surface area contributed by atoms with E-state index in [-0.39, 0.29) is 42.5 Å². The molecule has 1 aromatic rings. The number of hydrogen-bond donors (Lipinski definition) is 2. The van der Waals surface area contributed by atoms with E-state index < -0.39 is 0 Å². The summed E-state index contributed by atoms with van der Waals surface area (Å²) in [5, 5.41) is 7.14. The molecule has 0 bridgehead atoms. The molecular formula is C20H34IN7O. The van der Waals surface area contributed by atoms with E-state index in [1.165, 1.54) is 19.3 Å². The van der Waals surface area contributed by atoms with Crippen LogP contribution in [0.5, 0.6) is 0 Å². The lowest BCUT2D eigenvalue weighted by Gasteiger charge is -2.34. The third-order valence-corrected chi connectivity index (χ3v) is 5.41. The van der Waals surface area contributed by atoms with Crippen molar-refractivity contribution in [2.45, 2.75) is 57.0 Å². The third kappa shape index (κ3) is 7.60. The summed E-state index contributed by atoms with van der Waals surface area (Å²) in [6.45, 7) is 1.95. The lowest BCUT2D eigenvalue weighted by atomic mass is 9.96. The van der Waals surface area contributed by atoms with Gasteiger partial charge < -0.3 is 20.4 Å². The van der Waals surface area contributed by atoms with Crippen LogP contribution in [0.1, 0.15) is 44.9 Å². The first-order valence-corrected chi connectivity index (χ1v) is 10.4. The van der Waals surface area contributed by atoms with Gasteiger partial charge in [-0.05, 0) is 31.7 Å². The van der Waals surface area contributed by atoms with E-state index in [4.69, 9.17) is 0 Å². The molecular weight excluding hydrogens is 481 g/mol. The van der Waals surface area contributed by atoms with Crippen molar-refractivity contribution in [3.63, 3.8) is 0 Å². The molecule has 0 spiro atoms. The second-order valence-electron chi connectivity index (χ2n) is 7.91. The summed E-state index contributed by atoms with van der Waals surface area (Å²) < 4.78 is 0. The van der Waals surface area contributed by atoms with Crippen molar-refractivity contribution >= 4 is 41.8 Å². The minimum absolute atomic E-state index is 0. The van der Waals surface area contributed by atoms with E-state index in [0.29, 0.717) is 6.04 Å². The molecule has 1 saturated heterocycles. The molecule has 2 fully saturated rings. The molecule has 2 aliphatic rings. The Labute approximate surface area is 191 Å². The molecule has 3 rings (SSSR count). The van der Waals surface area contributed by atoms with Gasteiger partial charge in [-0.1, -0.05) is 19.3 Å². The number of halogens is 1. The fourth-order valence-corrected chi connectivity index (χ4v) is 3.79. The fourth-order valence-electron chi connectivity index (χ4n) is 3.79. The Morgan fingerprint density at radius 2 is 1.76 bits per heavy atom. The largest absolute Gasteiger partial charge is 0.354 e. The van der Waals surface area contributed by atoms with Gasteiger partial charge in [0.05, 0.1) is 0 Å². The predicted octanol–water partition coefficient (Wildman–Crippen LogP) is 2.02. The molecule has 1 aliphatic heterocycles. The number of carbonyl (C=O) groups is 1. The second kappa shape index (κ2) is 12.1. The molecule has 1 aromatic heterocycles. The highest BCUT2D eigenvalue weighted by Gasteiger charge is 2.23. The Kier molecular flexibility index (Phi) is 9.89. The first kappa shape index (κ1) is 23.6. The summed E-state index contributed by atoms with van der Waals surface area (Å²) in [7, 11) is 3.52. The van der Waals surface area contributed by atoms with Crippen molar-refractivity contribution in [3.05, 3.63) is 18.5 Å². The summed E-state index contributed by atoms with van der Waals surface area (Å²) in [4.78, 5) is 29.1. The summed E-state index contributed by atoms with van der Waals surface area (Å²) in [5.41, 5.74) is 0. The first-order valence-electron chi connectivity index (χ1n) is 10.4. The lowest BCUT2D eigenvalue weighted by Crippen LogP contribution is -2.53. The Hall–Kier alpha value is -1.65.